The Morgan fingerprint density at radius 2 is 2.11 bits per heavy atom. The third-order valence-corrected chi connectivity index (χ3v) is 3.04. The molecule has 0 amide bonds. The zero-order valence-corrected chi connectivity index (χ0v) is 12.2. The maximum absolute atomic E-state index is 5.84. The molecule has 19 heavy (non-hydrogen) atoms. The van der Waals surface area contributed by atoms with Gasteiger partial charge in [0, 0.05) is 6.54 Å². The summed E-state index contributed by atoms with van der Waals surface area (Å²) < 4.78 is 8.04. The van der Waals surface area contributed by atoms with Crippen molar-refractivity contribution in [3.63, 3.8) is 0 Å². The quantitative estimate of drug-likeness (QED) is 0.828. The van der Waals surface area contributed by atoms with Crippen molar-refractivity contribution >= 4 is 17.1 Å². The van der Waals surface area contributed by atoms with Crippen molar-refractivity contribution in [1.29, 1.82) is 0 Å². The van der Waals surface area contributed by atoms with E-state index in [9.17, 15) is 0 Å². The molecule has 2 aromatic rings. The topological polar surface area (TPSA) is 27.1 Å². The van der Waals surface area contributed by atoms with Gasteiger partial charge in [0.05, 0.1) is 16.6 Å². The molecular weight excluding hydrogens is 236 g/mol. The monoisotopic (exact) mass is 258 g/mol. The molecule has 1 aromatic carbocycles. The van der Waals surface area contributed by atoms with Crippen molar-refractivity contribution in [1.82, 2.24) is 9.55 Å². The summed E-state index contributed by atoms with van der Waals surface area (Å²) in [4.78, 5) is 4.67. The third-order valence-electron chi connectivity index (χ3n) is 3.04. The molecule has 102 valence electrons. The van der Waals surface area contributed by atoms with E-state index >= 15 is 0 Å². The number of aryl methyl sites for hydroxylation is 1. The molecule has 0 N–H and O–H groups in total. The number of hydrogen-bond acceptors (Lipinski definition) is 2. The van der Waals surface area contributed by atoms with Crippen LogP contribution < -0.4 is 0 Å². The molecule has 1 heterocycles. The Morgan fingerprint density at radius 1 is 1.37 bits per heavy atom. The van der Waals surface area contributed by atoms with Gasteiger partial charge < -0.3 is 9.30 Å². The summed E-state index contributed by atoms with van der Waals surface area (Å²) >= 11 is 0. The number of rotatable bonds is 4. The van der Waals surface area contributed by atoms with Crippen LogP contribution in [-0.2, 0) is 17.9 Å². The highest BCUT2D eigenvalue weighted by Gasteiger charge is 2.14. The maximum atomic E-state index is 5.84. The molecule has 0 bridgehead atoms. The summed E-state index contributed by atoms with van der Waals surface area (Å²) in [5.41, 5.74) is 3.13. The molecule has 0 radical (unpaired) electrons. The highest BCUT2D eigenvalue weighted by molar-refractivity contribution is 5.79. The number of ether oxygens (including phenoxy) is 1. The molecule has 0 aliphatic heterocycles. The number of aromatic nitrogens is 2. The van der Waals surface area contributed by atoms with Crippen LogP contribution in [0.4, 0.5) is 0 Å². The Kier molecular flexibility index (Phi) is 3.76. The average Bonchev–Trinajstić information content (AvgIpc) is 2.71. The second-order valence-corrected chi connectivity index (χ2v) is 5.63. The van der Waals surface area contributed by atoms with E-state index in [1.165, 1.54) is 0 Å². The molecule has 1 aromatic heterocycles. The van der Waals surface area contributed by atoms with Gasteiger partial charge >= 0.3 is 0 Å². The number of fused-ring (bicyclic) bond motifs is 1. The average molecular weight is 258 g/mol. The molecule has 0 unspecified atom stereocenters. The van der Waals surface area contributed by atoms with Crippen LogP contribution in [0.3, 0.4) is 0 Å². The Bertz CT molecular complexity index is 591. The van der Waals surface area contributed by atoms with Crippen LogP contribution in [-0.4, -0.2) is 15.2 Å². The Hall–Kier alpha value is -1.61. The smallest absolute Gasteiger partial charge is 0.136 e. The molecule has 0 saturated heterocycles. The minimum Gasteiger partial charge on any atom is -0.368 e. The Balaban J connectivity index is 2.41. The molecule has 0 aliphatic carbocycles. The van der Waals surface area contributed by atoms with Crippen molar-refractivity contribution < 1.29 is 4.74 Å². The van der Waals surface area contributed by atoms with E-state index in [1.807, 2.05) is 18.2 Å². The van der Waals surface area contributed by atoms with E-state index in [2.05, 4.69) is 49.9 Å². The van der Waals surface area contributed by atoms with E-state index in [0.717, 1.165) is 29.0 Å². The van der Waals surface area contributed by atoms with E-state index in [0.29, 0.717) is 6.61 Å². The Labute approximate surface area is 114 Å². The summed E-state index contributed by atoms with van der Waals surface area (Å²) in [6.45, 7) is 13.5. The molecule has 0 aliphatic rings. The minimum atomic E-state index is -0.150. The van der Waals surface area contributed by atoms with E-state index in [1.54, 1.807) is 0 Å². The first-order valence-corrected chi connectivity index (χ1v) is 6.70. The van der Waals surface area contributed by atoms with Gasteiger partial charge in [-0.25, -0.2) is 4.98 Å². The van der Waals surface area contributed by atoms with Gasteiger partial charge in [0.2, 0.25) is 0 Å². The van der Waals surface area contributed by atoms with Crippen LogP contribution in [0, 0.1) is 0 Å². The SMILES string of the molecule is C=Cc1ccc2nc(COC(C)(C)C)n(CC)c2c1. The summed E-state index contributed by atoms with van der Waals surface area (Å²) in [5, 5.41) is 0. The number of nitrogens with zero attached hydrogens (tertiary/aromatic N) is 2. The first-order valence-electron chi connectivity index (χ1n) is 6.70. The first-order chi connectivity index (χ1) is 8.94. The lowest BCUT2D eigenvalue weighted by atomic mass is 10.2. The van der Waals surface area contributed by atoms with Gasteiger partial charge in [-0.1, -0.05) is 18.7 Å². The van der Waals surface area contributed by atoms with Crippen molar-refractivity contribution in [2.24, 2.45) is 0 Å². The largest absolute Gasteiger partial charge is 0.368 e. The second kappa shape index (κ2) is 5.17. The van der Waals surface area contributed by atoms with Crippen LogP contribution in [0.15, 0.2) is 24.8 Å². The number of imidazole rings is 1. The van der Waals surface area contributed by atoms with Crippen LogP contribution in [0.2, 0.25) is 0 Å². The summed E-state index contributed by atoms with van der Waals surface area (Å²) in [5.74, 6) is 0.980. The maximum Gasteiger partial charge on any atom is 0.136 e. The van der Waals surface area contributed by atoms with Crippen molar-refractivity contribution in [3.05, 3.63) is 36.2 Å². The Morgan fingerprint density at radius 3 is 2.68 bits per heavy atom. The lowest BCUT2D eigenvalue weighted by Crippen LogP contribution is -2.20. The molecule has 0 spiro atoms. The molecule has 0 fully saturated rings. The predicted molar refractivity (Wildman–Crippen MR) is 80.0 cm³/mol. The van der Waals surface area contributed by atoms with Crippen molar-refractivity contribution in [2.75, 3.05) is 0 Å². The predicted octanol–water partition coefficient (Wildman–Crippen LogP) is 4.01. The first kappa shape index (κ1) is 13.8. The summed E-state index contributed by atoms with van der Waals surface area (Å²) in [6, 6.07) is 6.20. The van der Waals surface area contributed by atoms with Gasteiger partial charge in [0.1, 0.15) is 12.4 Å². The number of hydrogen-bond donors (Lipinski definition) is 0. The van der Waals surface area contributed by atoms with Crippen LogP contribution in [0.5, 0.6) is 0 Å². The molecule has 0 saturated carbocycles. The van der Waals surface area contributed by atoms with Crippen LogP contribution in [0.25, 0.3) is 17.1 Å². The standard InChI is InChI=1S/C16H22N2O/c1-6-12-8-9-13-14(10-12)18(7-2)15(17-13)11-19-16(3,4)5/h6,8-10H,1,7,11H2,2-5H3. The van der Waals surface area contributed by atoms with E-state index < -0.39 is 0 Å². The van der Waals surface area contributed by atoms with Crippen LogP contribution in [0.1, 0.15) is 39.1 Å². The molecule has 0 atom stereocenters. The fourth-order valence-corrected chi connectivity index (χ4v) is 2.06. The molecule has 2 rings (SSSR count). The zero-order chi connectivity index (χ0) is 14.0. The van der Waals surface area contributed by atoms with Crippen LogP contribution >= 0.6 is 0 Å². The summed E-state index contributed by atoms with van der Waals surface area (Å²) in [6.07, 6.45) is 1.86. The lowest BCUT2D eigenvalue weighted by molar-refractivity contribution is -0.0190. The second-order valence-electron chi connectivity index (χ2n) is 5.63. The van der Waals surface area contributed by atoms with Gasteiger partial charge in [-0.05, 0) is 45.4 Å². The van der Waals surface area contributed by atoms with E-state index in [-0.39, 0.29) is 5.60 Å². The fourth-order valence-electron chi connectivity index (χ4n) is 2.06. The van der Waals surface area contributed by atoms with Gasteiger partial charge in [0.25, 0.3) is 0 Å². The number of benzene rings is 1. The van der Waals surface area contributed by atoms with Crippen molar-refractivity contribution in [3.8, 4) is 0 Å². The lowest BCUT2D eigenvalue weighted by Gasteiger charge is -2.19. The highest BCUT2D eigenvalue weighted by Crippen LogP contribution is 2.20. The normalized spacial score (nSPS) is 12.0. The molecule has 3 nitrogen and oxygen atoms in total. The molecule has 3 heteroatoms. The fraction of sp³-hybridized carbons (Fsp3) is 0.438. The van der Waals surface area contributed by atoms with E-state index in [4.69, 9.17) is 4.74 Å². The molecular formula is C16H22N2O. The van der Waals surface area contributed by atoms with Crippen molar-refractivity contribution in [2.45, 2.75) is 46.4 Å². The third kappa shape index (κ3) is 3.04. The minimum absolute atomic E-state index is 0.150. The zero-order valence-electron chi connectivity index (χ0n) is 12.2. The van der Waals surface area contributed by atoms with Gasteiger partial charge in [-0.2, -0.15) is 0 Å². The summed E-state index contributed by atoms with van der Waals surface area (Å²) in [7, 11) is 0. The van der Waals surface area contributed by atoms with Gasteiger partial charge in [0.15, 0.2) is 0 Å². The highest BCUT2D eigenvalue weighted by atomic mass is 16.5. The van der Waals surface area contributed by atoms with Gasteiger partial charge in [-0.3, -0.25) is 0 Å². The van der Waals surface area contributed by atoms with Gasteiger partial charge in [-0.15, -0.1) is 0 Å².